The molecule has 3 aliphatic rings. The summed E-state index contributed by atoms with van der Waals surface area (Å²) in [5.74, 6) is 2.36. The topological polar surface area (TPSA) is 261 Å². The smallest absolute Gasteiger partial charge is 1.00 e. The number of hydrogen-bond acceptors (Lipinski definition) is 11. The van der Waals surface area contributed by atoms with Crippen molar-refractivity contribution in [2.45, 2.75) is 252 Å². The summed E-state index contributed by atoms with van der Waals surface area (Å²) < 4.78 is 71.9. The summed E-state index contributed by atoms with van der Waals surface area (Å²) in [7, 11) is -3.36. The van der Waals surface area contributed by atoms with E-state index in [-0.39, 0.29) is 108 Å². The number of nitrogens with two attached hydrogens (primary N) is 2. The molecule has 0 amide bonds. The van der Waals surface area contributed by atoms with Crippen molar-refractivity contribution < 1.29 is 64.7 Å². The van der Waals surface area contributed by atoms with Crippen LogP contribution in [0.2, 0.25) is 19.6 Å². The fourth-order valence-corrected chi connectivity index (χ4v) is 10.6. The molecule has 15 nitrogen and oxygen atoms in total. The number of carbonyl (C=O) groups excluding carboxylic acids is 1. The van der Waals surface area contributed by atoms with Crippen molar-refractivity contribution in [3.63, 3.8) is 0 Å². The van der Waals surface area contributed by atoms with E-state index >= 15 is 0 Å². The number of nitrogen functional groups attached to an aromatic ring is 1. The number of hydrogen-bond donors (Lipinski definition) is 6. The molecule has 0 radical (unpaired) electrons. The molecule has 3 saturated carbocycles. The van der Waals surface area contributed by atoms with Crippen LogP contribution in [-0.4, -0.2) is 110 Å². The van der Waals surface area contributed by atoms with Crippen molar-refractivity contribution >= 4 is 110 Å². The van der Waals surface area contributed by atoms with Gasteiger partial charge in [0.1, 0.15) is 25.0 Å². The first kappa shape index (κ1) is 106. The molecule has 3 aliphatic carbocycles. The fourth-order valence-electron chi connectivity index (χ4n) is 8.08. The standard InChI is InChI=1S/C23H28FN3OS.C17H22N2OS.C13H13NO.C10H15FNSi.C4H11NOS.C4H9.3C3H8O.BrH.Mg.Ti.H/c1-22(2,3)29(28)27-23(12-11-16-7-8-16,18-6-4-5-17(13-18)15-25)19-9-10-20(24)21(26)14-19;1-17(2,3)21(20)19-16(10-9-13-7-8-13)15-6-4-5-14(11-15)12-18;1-14-12-4-2-3-11(9-12)13(15)8-7-10-5-6-10;1-12(13(2,3)4)10-8-6-5-7-9(10)11;1-4(2,3)7(5)6;1-4(2)3;3*1-3(2)4;;;;/h4-6,9-10,13-14,16,27H,7-8,11-12,26H2,1-3H3;4-6,11,13H,7-10H2,1-3H3;2-4,9-10H,5-8H2;5,7-8H,1-4H3;5H2,1-3H3;4H,1H2,2-3H3;3*3-4H,1-2H3;1H;;;/q;;;-1;;-1;;;;;+2;;-1/t23?,29-;;;;7-;;;;;;;;/m0...0......../s1. The van der Waals surface area contributed by atoms with Gasteiger partial charge in [0, 0.05) is 57.8 Å². The van der Waals surface area contributed by atoms with Crippen LogP contribution in [0.15, 0.2) is 114 Å². The maximum absolute atomic E-state index is 13.9. The Bertz CT molecular complexity index is 3510. The molecule has 0 aliphatic heterocycles. The maximum atomic E-state index is 13.9. The number of ketones is 1. The van der Waals surface area contributed by atoms with Crippen LogP contribution >= 0.6 is 17.0 Å². The number of halogens is 3. The Balaban J connectivity index is -0.000000390. The number of aliphatic hydroxyl groups excluding tert-OH is 3. The molecule has 0 aromatic heterocycles. The second-order valence-electron chi connectivity index (χ2n) is 30.6. The minimum atomic E-state index is -1.46. The van der Waals surface area contributed by atoms with Gasteiger partial charge in [0.15, 0.2) is 11.5 Å². The van der Waals surface area contributed by atoms with E-state index in [1.165, 1.54) is 50.7 Å². The summed E-state index contributed by atoms with van der Waals surface area (Å²) in [4.78, 5) is 15.1. The van der Waals surface area contributed by atoms with Crippen molar-refractivity contribution in [2.24, 2.45) is 33.2 Å². The van der Waals surface area contributed by atoms with Gasteiger partial charge in [-0.3, -0.25) is 9.93 Å². The predicted octanol–water partition coefficient (Wildman–Crippen LogP) is 18.6. The van der Waals surface area contributed by atoms with Crippen LogP contribution in [-0.2, 0) is 60.2 Å². The van der Waals surface area contributed by atoms with Gasteiger partial charge in [-0.2, -0.15) is 39.0 Å². The van der Waals surface area contributed by atoms with Crippen LogP contribution in [0.4, 0.5) is 25.8 Å². The van der Waals surface area contributed by atoms with Gasteiger partial charge in [-0.15, -0.1) is 23.0 Å². The summed E-state index contributed by atoms with van der Waals surface area (Å²) in [6, 6.07) is 38.4. The minimum Gasteiger partial charge on any atom is -1.00 e. The van der Waals surface area contributed by atoms with Crippen LogP contribution in [0, 0.1) is 77.5 Å². The van der Waals surface area contributed by atoms with E-state index in [9.17, 15) is 31.5 Å². The number of anilines is 2. The molecule has 0 spiro atoms. The molecule has 8 N–H and O–H groups in total. The average Bonchev–Trinajstić information content (AvgIpc) is 1.51. The molecular weight excluding hydrogens is 1500 g/mol. The number of Topliss-reactive ketones (excluding diaryl/α,β-unsaturated/α-hetero) is 1. The molecule has 0 heterocycles. The van der Waals surface area contributed by atoms with E-state index in [4.69, 9.17) is 38.0 Å². The Morgan fingerprint density at radius 2 is 1.14 bits per heavy atom. The first-order valence-corrected chi connectivity index (χ1v) is 41.8. The molecule has 2 unspecified atom stereocenters. The van der Waals surface area contributed by atoms with Crippen molar-refractivity contribution in [3.8, 4) is 12.1 Å². The van der Waals surface area contributed by atoms with Gasteiger partial charge >= 0.3 is 23.1 Å². The van der Waals surface area contributed by atoms with Gasteiger partial charge in [0.2, 0.25) is 0 Å². The van der Waals surface area contributed by atoms with Crippen molar-refractivity contribution in [2.75, 3.05) is 17.3 Å². The Kier molecular flexibility index (Phi) is 53.9. The first-order valence-electron chi connectivity index (χ1n) is 34.8. The Hall–Kier alpha value is -4.20. The Labute approximate surface area is 677 Å². The Morgan fingerprint density at radius 3 is 1.56 bits per heavy atom. The largest absolute Gasteiger partial charge is 2.00 e. The van der Waals surface area contributed by atoms with E-state index in [0.29, 0.717) is 52.7 Å². The maximum Gasteiger partial charge on any atom is 2.00 e. The predicted molar refractivity (Wildman–Crippen MR) is 441 cm³/mol. The zero-order valence-electron chi connectivity index (χ0n) is 67.1. The molecule has 0 bridgehead atoms. The van der Waals surface area contributed by atoms with Gasteiger partial charge in [0.25, 0.3) is 0 Å². The van der Waals surface area contributed by atoms with Gasteiger partial charge < -0.3 is 34.0 Å². The number of nitriles is 2. The molecule has 5 aromatic carbocycles. The van der Waals surface area contributed by atoms with Crippen LogP contribution in [0.5, 0.6) is 0 Å². The Morgan fingerprint density at radius 1 is 0.712 bits per heavy atom. The van der Waals surface area contributed by atoms with Gasteiger partial charge in [0.05, 0.1) is 83.0 Å². The summed E-state index contributed by atoms with van der Waals surface area (Å²) in [6.07, 6.45) is 12.3. The van der Waals surface area contributed by atoms with Gasteiger partial charge in [-0.25, -0.2) is 31.0 Å². The summed E-state index contributed by atoms with van der Waals surface area (Å²) in [6.45, 7) is 48.5. The number of rotatable bonds is 18. The van der Waals surface area contributed by atoms with Crippen LogP contribution in [0.3, 0.4) is 0 Å². The molecule has 3 fully saturated rings. The van der Waals surface area contributed by atoms with Crippen LogP contribution in [0.25, 0.3) is 4.85 Å². The number of nitrogens with zero attached hydrogens (tertiary/aromatic N) is 5. The fraction of sp³-hybridized carbons (Fsp3) is 0.550. The average molecular weight is 1620 g/mol. The van der Waals surface area contributed by atoms with Crippen molar-refractivity contribution in [1.82, 2.24) is 4.72 Å². The first-order chi connectivity index (χ1) is 46.6. The molecule has 104 heavy (non-hydrogen) atoms. The van der Waals surface area contributed by atoms with E-state index < -0.39 is 57.3 Å². The van der Waals surface area contributed by atoms with E-state index in [2.05, 4.69) is 72.6 Å². The van der Waals surface area contributed by atoms with Crippen molar-refractivity contribution in [1.29, 1.82) is 10.5 Å². The zero-order valence-corrected chi connectivity index (χ0v) is 74.2. The molecule has 24 heteroatoms. The summed E-state index contributed by atoms with van der Waals surface area (Å²) >= 11 is 0. The van der Waals surface area contributed by atoms with Gasteiger partial charge in [-0.1, -0.05) is 121 Å². The van der Waals surface area contributed by atoms with Crippen LogP contribution < -0.4 is 20.2 Å². The number of carbonyl (C=O) groups is 1. The monoisotopic (exact) mass is 1620 g/mol. The SMILES string of the molecule is Br.CC(C)(C)S(=O)N=C(CCC1CC1)c1cccc(C#N)c1.CC(C)(C)[S@@](N)=O.CC(C)(C)[S@](=O)NC(CCC1CC1)(c1cccc(C#N)c1)c1ccc(F)c(N)c1.CC(C)O.CC(C)O.CC(C)O.CN(c1c[c-]ccc1F)[Si](C)(C)C.[C-]#[N+]c1cccc(C(=O)CCC2CC2)c1.[CH2-]C(C)C.[H-].[Mg+2].[Ti]. The van der Waals surface area contributed by atoms with E-state index in [0.717, 1.165) is 59.9 Å². The third kappa shape index (κ3) is 48.3. The van der Waals surface area contributed by atoms with Crippen molar-refractivity contribution in [3.05, 3.63) is 179 Å². The second-order valence-corrected chi connectivity index (χ2v) is 41.3. The number of benzene rings is 5. The van der Waals surface area contributed by atoms with E-state index in [1.807, 2.05) is 110 Å². The third-order valence-electron chi connectivity index (χ3n) is 14.5. The summed E-state index contributed by atoms with van der Waals surface area (Å²) in [5.41, 5.74) is 11.5. The molecule has 8 rings (SSSR count). The minimum absolute atomic E-state index is 0. The van der Waals surface area contributed by atoms with Crippen LogP contribution in [0.1, 0.15) is 234 Å². The molecule has 5 aromatic rings. The zero-order chi connectivity index (χ0) is 77.8. The number of nitrogens with one attached hydrogen (secondary N) is 1. The van der Waals surface area contributed by atoms with Gasteiger partial charge in [-0.05, 0) is 226 Å². The second kappa shape index (κ2) is 52.8. The number of aliphatic hydroxyl groups is 3. The normalized spacial score (nSPS) is 14.4. The molecule has 4 atom stereocenters. The van der Waals surface area contributed by atoms with E-state index in [1.54, 1.807) is 102 Å². The quantitative estimate of drug-likeness (QED) is 0.0158. The molecule has 576 valence electrons. The summed E-state index contributed by atoms with van der Waals surface area (Å²) in [5, 5.41) is 47.7. The third-order valence-corrected chi connectivity index (χ3v) is 21.0. The molecular formula is C80H124BrF2MgN8O7S3SiTi-. The molecule has 0 saturated heterocycles.